The van der Waals surface area contributed by atoms with E-state index in [1.54, 1.807) is 30.0 Å². The zero-order valence-corrected chi connectivity index (χ0v) is 20.2. The molecule has 7 heteroatoms. The fourth-order valence-electron chi connectivity index (χ4n) is 3.94. The third-order valence-corrected chi connectivity index (χ3v) is 5.62. The minimum absolute atomic E-state index is 0.127. The van der Waals surface area contributed by atoms with Gasteiger partial charge in [0, 0.05) is 11.8 Å². The number of carbonyl (C=O) groups is 2. The molecule has 1 heterocycles. The minimum Gasteiger partial charge on any atom is -0.494 e. The fourth-order valence-corrected chi connectivity index (χ4v) is 3.94. The van der Waals surface area contributed by atoms with E-state index in [1.165, 1.54) is 0 Å². The lowest BCUT2D eigenvalue weighted by molar-refractivity contribution is -0.125. The van der Waals surface area contributed by atoms with E-state index in [0.29, 0.717) is 36.9 Å². The normalized spacial score (nSPS) is 14.7. The monoisotopic (exact) mass is 474 g/mol. The van der Waals surface area contributed by atoms with Gasteiger partial charge >= 0.3 is 0 Å². The molecule has 0 fully saturated rings. The van der Waals surface area contributed by atoms with Crippen LogP contribution in [0.4, 0.5) is 11.4 Å². The largest absolute Gasteiger partial charge is 0.494 e. The van der Waals surface area contributed by atoms with Crippen molar-refractivity contribution in [1.29, 1.82) is 0 Å². The number of rotatable bonds is 9. The van der Waals surface area contributed by atoms with Gasteiger partial charge in [0.25, 0.3) is 5.91 Å². The van der Waals surface area contributed by atoms with E-state index >= 15 is 0 Å². The van der Waals surface area contributed by atoms with E-state index in [-0.39, 0.29) is 18.2 Å². The summed E-state index contributed by atoms with van der Waals surface area (Å²) in [5.41, 5.74) is 3.27. The second-order valence-electron chi connectivity index (χ2n) is 8.40. The second kappa shape index (κ2) is 11.0. The minimum atomic E-state index is -0.628. The molecule has 1 aliphatic rings. The van der Waals surface area contributed by atoms with Crippen LogP contribution in [0.15, 0.2) is 66.7 Å². The first-order chi connectivity index (χ1) is 16.9. The number of fused-ring (bicyclic) bond motifs is 1. The Bertz CT molecular complexity index is 1190. The average molecular weight is 475 g/mol. The predicted molar refractivity (Wildman–Crippen MR) is 136 cm³/mol. The van der Waals surface area contributed by atoms with Gasteiger partial charge in [-0.05, 0) is 68.3 Å². The third-order valence-electron chi connectivity index (χ3n) is 5.62. The Kier molecular flexibility index (Phi) is 7.55. The molecule has 0 spiro atoms. The smallest absolute Gasteiger partial charge is 0.267 e. The number of hydrogen-bond acceptors (Lipinski definition) is 5. The molecule has 1 atom stereocenters. The molecule has 35 heavy (non-hydrogen) atoms. The summed E-state index contributed by atoms with van der Waals surface area (Å²) < 4.78 is 17.1. The highest BCUT2D eigenvalue weighted by Crippen LogP contribution is 2.36. The standard InChI is InChI=1S/C28H30N2O5/c1-4-33-23-11-8-21(9-12-23)17-27(31)29-22-10-13-25-26(18-22)35-20(3)28(32)30(25)14-15-34-24-7-5-6-19(2)16-24/h5-13,16,18,20H,4,14-15,17H2,1-3H3,(H,29,31). The maximum Gasteiger partial charge on any atom is 0.267 e. The van der Waals surface area contributed by atoms with Crippen LogP contribution in [0.5, 0.6) is 17.2 Å². The van der Waals surface area contributed by atoms with Gasteiger partial charge in [-0.1, -0.05) is 24.3 Å². The Hall–Kier alpha value is -4.00. The zero-order valence-electron chi connectivity index (χ0n) is 20.2. The fraction of sp³-hybridized carbons (Fsp3) is 0.286. The van der Waals surface area contributed by atoms with E-state index in [9.17, 15) is 9.59 Å². The summed E-state index contributed by atoms with van der Waals surface area (Å²) in [4.78, 5) is 27.0. The first kappa shape index (κ1) is 24.1. The number of ether oxygens (including phenoxy) is 3. The van der Waals surface area contributed by atoms with Gasteiger partial charge in [-0.15, -0.1) is 0 Å². The van der Waals surface area contributed by atoms with E-state index in [0.717, 1.165) is 22.6 Å². The number of amides is 2. The molecule has 1 aliphatic heterocycles. The van der Waals surface area contributed by atoms with Gasteiger partial charge < -0.3 is 24.4 Å². The van der Waals surface area contributed by atoms with Crippen molar-refractivity contribution < 1.29 is 23.8 Å². The summed E-state index contributed by atoms with van der Waals surface area (Å²) in [7, 11) is 0. The van der Waals surface area contributed by atoms with E-state index in [2.05, 4.69) is 5.32 Å². The van der Waals surface area contributed by atoms with E-state index in [4.69, 9.17) is 14.2 Å². The van der Waals surface area contributed by atoms with Crippen LogP contribution >= 0.6 is 0 Å². The van der Waals surface area contributed by atoms with Crippen molar-refractivity contribution >= 4 is 23.2 Å². The first-order valence-corrected chi connectivity index (χ1v) is 11.8. The summed E-state index contributed by atoms with van der Waals surface area (Å²) in [6.45, 7) is 6.99. The van der Waals surface area contributed by atoms with Crippen molar-refractivity contribution in [3.63, 3.8) is 0 Å². The topological polar surface area (TPSA) is 77.1 Å². The molecule has 2 amide bonds. The lowest BCUT2D eigenvalue weighted by atomic mass is 10.1. The van der Waals surface area contributed by atoms with Gasteiger partial charge in [0.2, 0.25) is 5.91 Å². The van der Waals surface area contributed by atoms with Crippen LogP contribution in [-0.2, 0) is 16.0 Å². The van der Waals surface area contributed by atoms with Gasteiger partial charge in [-0.2, -0.15) is 0 Å². The van der Waals surface area contributed by atoms with Crippen molar-refractivity contribution in [3.05, 3.63) is 77.9 Å². The highest BCUT2D eigenvalue weighted by atomic mass is 16.5. The van der Waals surface area contributed by atoms with E-state index in [1.807, 2.05) is 62.4 Å². The van der Waals surface area contributed by atoms with Crippen molar-refractivity contribution in [2.24, 2.45) is 0 Å². The van der Waals surface area contributed by atoms with Crippen LogP contribution in [-0.4, -0.2) is 37.7 Å². The van der Waals surface area contributed by atoms with Gasteiger partial charge in [-0.3, -0.25) is 9.59 Å². The van der Waals surface area contributed by atoms with Crippen LogP contribution in [0.3, 0.4) is 0 Å². The number of anilines is 2. The Morgan fingerprint density at radius 2 is 1.83 bits per heavy atom. The lowest BCUT2D eigenvalue weighted by Gasteiger charge is -2.33. The van der Waals surface area contributed by atoms with Crippen LogP contribution < -0.4 is 24.4 Å². The summed E-state index contributed by atoms with van der Waals surface area (Å²) in [6.07, 6.45) is -0.391. The zero-order chi connectivity index (χ0) is 24.8. The van der Waals surface area contributed by atoms with Crippen molar-refractivity contribution in [2.75, 3.05) is 30.0 Å². The van der Waals surface area contributed by atoms with Gasteiger partial charge in [0.15, 0.2) is 6.10 Å². The lowest BCUT2D eigenvalue weighted by Crippen LogP contribution is -2.46. The molecule has 1 unspecified atom stereocenters. The molecule has 7 nitrogen and oxygen atoms in total. The van der Waals surface area contributed by atoms with Crippen LogP contribution in [0.1, 0.15) is 25.0 Å². The molecule has 3 aromatic carbocycles. The molecule has 4 rings (SSSR count). The predicted octanol–water partition coefficient (Wildman–Crippen LogP) is 4.77. The van der Waals surface area contributed by atoms with Gasteiger partial charge in [0.05, 0.1) is 25.3 Å². The molecule has 0 bridgehead atoms. The maximum absolute atomic E-state index is 12.8. The number of nitrogens with one attached hydrogen (secondary N) is 1. The Morgan fingerprint density at radius 3 is 2.57 bits per heavy atom. The highest BCUT2D eigenvalue weighted by Gasteiger charge is 2.31. The summed E-state index contributed by atoms with van der Waals surface area (Å²) in [5, 5.41) is 2.91. The first-order valence-electron chi connectivity index (χ1n) is 11.8. The molecule has 182 valence electrons. The third kappa shape index (κ3) is 6.12. The number of carbonyl (C=O) groups excluding carboxylic acids is 2. The van der Waals surface area contributed by atoms with Crippen LogP contribution in [0, 0.1) is 6.92 Å². The Balaban J connectivity index is 1.40. The Labute approximate surface area is 205 Å². The van der Waals surface area contributed by atoms with Gasteiger partial charge in [0.1, 0.15) is 23.9 Å². The van der Waals surface area contributed by atoms with Crippen molar-refractivity contribution in [3.8, 4) is 17.2 Å². The summed E-state index contributed by atoms with van der Waals surface area (Å²) in [5.74, 6) is 1.83. The Morgan fingerprint density at radius 1 is 1.03 bits per heavy atom. The van der Waals surface area contributed by atoms with Crippen LogP contribution in [0.2, 0.25) is 0 Å². The molecule has 0 saturated heterocycles. The second-order valence-corrected chi connectivity index (χ2v) is 8.40. The van der Waals surface area contributed by atoms with E-state index < -0.39 is 6.10 Å². The summed E-state index contributed by atoms with van der Waals surface area (Å²) >= 11 is 0. The number of hydrogen-bond donors (Lipinski definition) is 1. The molecule has 0 aliphatic carbocycles. The molecular weight excluding hydrogens is 444 g/mol. The summed E-state index contributed by atoms with van der Waals surface area (Å²) in [6, 6.07) is 20.6. The molecule has 0 aromatic heterocycles. The maximum atomic E-state index is 12.8. The molecule has 0 radical (unpaired) electrons. The quantitative estimate of drug-likeness (QED) is 0.484. The number of aryl methyl sites for hydroxylation is 1. The number of benzene rings is 3. The highest BCUT2D eigenvalue weighted by molar-refractivity contribution is 6.00. The van der Waals surface area contributed by atoms with Gasteiger partial charge in [-0.25, -0.2) is 0 Å². The number of nitrogens with zero attached hydrogens (tertiary/aromatic N) is 1. The SMILES string of the molecule is CCOc1ccc(CC(=O)Nc2ccc3c(c2)OC(C)C(=O)N3CCOc2cccc(C)c2)cc1. The van der Waals surface area contributed by atoms with Crippen molar-refractivity contribution in [1.82, 2.24) is 0 Å². The van der Waals surface area contributed by atoms with Crippen LogP contribution in [0.25, 0.3) is 0 Å². The molecular formula is C28H30N2O5. The average Bonchev–Trinajstić information content (AvgIpc) is 2.83. The van der Waals surface area contributed by atoms with Crippen molar-refractivity contribution in [2.45, 2.75) is 33.3 Å². The molecule has 1 N–H and O–H groups in total. The molecule has 0 saturated carbocycles. The molecule has 3 aromatic rings.